The monoisotopic (exact) mass is 283 g/mol. The number of hydrogen-bond donors (Lipinski definition) is 1. The van der Waals surface area contributed by atoms with Gasteiger partial charge in [0.25, 0.3) is 0 Å². The summed E-state index contributed by atoms with van der Waals surface area (Å²) >= 11 is 0. The molecule has 0 amide bonds. The van der Waals surface area contributed by atoms with E-state index >= 15 is 0 Å². The van der Waals surface area contributed by atoms with Crippen LogP contribution < -0.4 is 10.5 Å². The highest BCUT2D eigenvalue weighted by Crippen LogP contribution is 2.24. The largest absolute Gasteiger partial charge is 0.494 e. The molecule has 0 heterocycles. The molecule has 0 aliphatic heterocycles. The molecule has 0 saturated carbocycles. The van der Waals surface area contributed by atoms with Crippen molar-refractivity contribution < 1.29 is 4.74 Å². The molecule has 2 nitrogen and oxygen atoms in total. The Morgan fingerprint density at radius 2 is 1.57 bits per heavy atom. The average Bonchev–Trinajstić information content (AvgIpc) is 2.46. The lowest BCUT2D eigenvalue weighted by Crippen LogP contribution is -2.12. The van der Waals surface area contributed by atoms with Crippen LogP contribution in [-0.4, -0.2) is 6.61 Å². The van der Waals surface area contributed by atoms with E-state index in [9.17, 15) is 0 Å². The first-order valence-corrected chi connectivity index (χ1v) is 7.66. The summed E-state index contributed by atoms with van der Waals surface area (Å²) in [7, 11) is 0. The lowest BCUT2D eigenvalue weighted by atomic mass is 9.96. The molecule has 2 aromatic rings. The number of rotatable bonds is 6. The summed E-state index contributed by atoms with van der Waals surface area (Å²) in [6, 6.07) is 14.5. The van der Waals surface area contributed by atoms with Gasteiger partial charge in [-0.05, 0) is 43.5 Å². The molecule has 21 heavy (non-hydrogen) atoms. The lowest BCUT2D eigenvalue weighted by Gasteiger charge is -2.15. The first-order valence-electron chi connectivity index (χ1n) is 7.66. The van der Waals surface area contributed by atoms with Gasteiger partial charge in [-0.1, -0.05) is 54.8 Å². The molecular formula is C19H25NO. The standard InChI is InChI=1S/C19H25NO/c1-4-5-10-21-18-8-6-16(7-9-18)19(20)17-12-14(2)11-15(3)13-17/h6-9,11-13,19H,4-5,10,20H2,1-3H3. The fourth-order valence-corrected chi connectivity index (χ4v) is 2.49. The van der Waals surface area contributed by atoms with Crippen LogP contribution in [0.4, 0.5) is 0 Å². The number of unbranched alkanes of at least 4 members (excludes halogenated alkanes) is 1. The van der Waals surface area contributed by atoms with Gasteiger partial charge in [0.1, 0.15) is 5.75 Å². The summed E-state index contributed by atoms with van der Waals surface area (Å²) in [6.07, 6.45) is 2.24. The third-order valence-corrected chi connectivity index (χ3v) is 3.61. The number of nitrogens with two attached hydrogens (primary N) is 1. The third kappa shape index (κ3) is 4.33. The second-order valence-electron chi connectivity index (χ2n) is 5.67. The van der Waals surface area contributed by atoms with E-state index < -0.39 is 0 Å². The Kier molecular flexibility index (Phi) is 5.40. The minimum atomic E-state index is -0.0895. The summed E-state index contributed by atoms with van der Waals surface area (Å²) in [5.74, 6) is 0.917. The van der Waals surface area contributed by atoms with Gasteiger partial charge in [-0.25, -0.2) is 0 Å². The van der Waals surface area contributed by atoms with Crippen molar-refractivity contribution >= 4 is 0 Å². The van der Waals surface area contributed by atoms with Gasteiger partial charge in [-0.2, -0.15) is 0 Å². The quantitative estimate of drug-likeness (QED) is 0.790. The zero-order valence-corrected chi connectivity index (χ0v) is 13.2. The molecule has 2 aromatic carbocycles. The second kappa shape index (κ2) is 7.28. The minimum Gasteiger partial charge on any atom is -0.494 e. The molecule has 0 fully saturated rings. The highest BCUT2D eigenvalue weighted by molar-refractivity contribution is 5.38. The van der Waals surface area contributed by atoms with E-state index in [2.05, 4.69) is 51.1 Å². The van der Waals surface area contributed by atoms with Gasteiger partial charge >= 0.3 is 0 Å². The van der Waals surface area contributed by atoms with Gasteiger partial charge in [-0.15, -0.1) is 0 Å². The van der Waals surface area contributed by atoms with Crippen molar-refractivity contribution in [1.82, 2.24) is 0 Å². The predicted molar refractivity (Wildman–Crippen MR) is 88.8 cm³/mol. The van der Waals surface area contributed by atoms with E-state index in [4.69, 9.17) is 10.5 Å². The SMILES string of the molecule is CCCCOc1ccc(C(N)c2cc(C)cc(C)c2)cc1. The van der Waals surface area contributed by atoms with E-state index in [-0.39, 0.29) is 6.04 Å². The topological polar surface area (TPSA) is 35.2 Å². The Hall–Kier alpha value is -1.80. The van der Waals surface area contributed by atoms with Crippen molar-refractivity contribution in [3.63, 3.8) is 0 Å². The average molecular weight is 283 g/mol. The smallest absolute Gasteiger partial charge is 0.119 e. The molecule has 2 heteroatoms. The number of ether oxygens (including phenoxy) is 1. The van der Waals surface area contributed by atoms with Crippen molar-refractivity contribution in [3.05, 3.63) is 64.7 Å². The summed E-state index contributed by atoms with van der Waals surface area (Å²) in [5, 5.41) is 0. The van der Waals surface area contributed by atoms with Gasteiger partial charge in [0.2, 0.25) is 0 Å². The Bertz CT molecular complexity index is 554. The van der Waals surface area contributed by atoms with E-state index in [0.29, 0.717) is 0 Å². The van der Waals surface area contributed by atoms with Gasteiger partial charge in [0.15, 0.2) is 0 Å². The molecule has 2 rings (SSSR count). The Morgan fingerprint density at radius 3 is 2.14 bits per heavy atom. The molecule has 0 spiro atoms. The zero-order chi connectivity index (χ0) is 15.2. The Morgan fingerprint density at radius 1 is 0.952 bits per heavy atom. The maximum absolute atomic E-state index is 6.38. The van der Waals surface area contributed by atoms with Gasteiger partial charge in [0, 0.05) is 0 Å². The summed E-state index contributed by atoms with van der Waals surface area (Å²) in [4.78, 5) is 0. The van der Waals surface area contributed by atoms with Crippen LogP contribution in [-0.2, 0) is 0 Å². The Balaban J connectivity index is 2.10. The van der Waals surface area contributed by atoms with Gasteiger partial charge < -0.3 is 10.5 Å². The molecule has 0 saturated heterocycles. The molecule has 0 aliphatic rings. The van der Waals surface area contributed by atoms with Crippen molar-refractivity contribution in [2.45, 2.75) is 39.7 Å². The van der Waals surface area contributed by atoms with E-state index in [0.717, 1.165) is 36.3 Å². The lowest BCUT2D eigenvalue weighted by molar-refractivity contribution is 0.309. The highest BCUT2D eigenvalue weighted by atomic mass is 16.5. The molecule has 0 bridgehead atoms. The number of benzene rings is 2. The van der Waals surface area contributed by atoms with Crippen molar-refractivity contribution in [2.24, 2.45) is 5.73 Å². The summed E-state index contributed by atoms with van der Waals surface area (Å²) < 4.78 is 5.68. The maximum atomic E-state index is 6.38. The first kappa shape index (κ1) is 15.6. The fraction of sp³-hybridized carbons (Fsp3) is 0.368. The number of hydrogen-bond acceptors (Lipinski definition) is 2. The molecular weight excluding hydrogens is 258 g/mol. The maximum Gasteiger partial charge on any atom is 0.119 e. The molecule has 1 atom stereocenters. The molecule has 2 N–H and O–H groups in total. The normalized spacial score (nSPS) is 12.2. The molecule has 1 unspecified atom stereocenters. The zero-order valence-electron chi connectivity index (χ0n) is 13.2. The summed E-state index contributed by atoms with van der Waals surface area (Å²) in [5.41, 5.74) is 11.2. The van der Waals surface area contributed by atoms with Crippen LogP contribution in [0.25, 0.3) is 0 Å². The van der Waals surface area contributed by atoms with Crippen molar-refractivity contribution in [1.29, 1.82) is 0 Å². The van der Waals surface area contributed by atoms with Crippen LogP contribution in [0.3, 0.4) is 0 Å². The molecule has 0 aliphatic carbocycles. The predicted octanol–water partition coefficient (Wildman–Crippen LogP) is 4.53. The van der Waals surface area contributed by atoms with E-state index in [1.54, 1.807) is 0 Å². The van der Waals surface area contributed by atoms with E-state index in [1.807, 2.05) is 12.1 Å². The third-order valence-electron chi connectivity index (χ3n) is 3.61. The van der Waals surface area contributed by atoms with Crippen LogP contribution in [0.15, 0.2) is 42.5 Å². The van der Waals surface area contributed by atoms with E-state index in [1.165, 1.54) is 11.1 Å². The van der Waals surface area contributed by atoms with Crippen molar-refractivity contribution in [2.75, 3.05) is 6.61 Å². The van der Waals surface area contributed by atoms with Crippen LogP contribution in [0, 0.1) is 13.8 Å². The van der Waals surface area contributed by atoms with Crippen LogP contribution in [0.5, 0.6) is 5.75 Å². The van der Waals surface area contributed by atoms with Crippen LogP contribution in [0.2, 0.25) is 0 Å². The highest BCUT2D eigenvalue weighted by Gasteiger charge is 2.10. The summed E-state index contributed by atoms with van der Waals surface area (Å²) in [6.45, 7) is 7.15. The fourth-order valence-electron chi connectivity index (χ4n) is 2.49. The molecule has 112 valence electrons. The van der Waals surface area contributed by atoms with Gasteiger partial charge in [0.05, 0.1) is 12.6 Å². The minimum absolute atomic E-state index is 0.0895. The van der Waals surface area contributed by atoms with Gasteiger partial charge in [-0.3, -0.25) is 0 Å². The molecule has 0 radical (unpaired) electrons. The first-order chi connectivity index (χ1) is 10.1. The van der Waals surface area contributed by atoms with Crippen LogP contribution in [0.1, 0.15) is 48.1 Å². The van der Waals surface area contributed by atoms with Crippen molar-refractivity contribution in [3.8, 4) is 5.75 Å². The number of aryl methyl sites for hydroxylation is 2. The molecule has 0 aromatic heterocycles. The second-order valence-corrected chi connectivity index (χ2v) is 5.67. The van der Waals surface area contributed by atoms with Crippen LogP contribution >= 0.6 is 0 Å². The Labute approximate surface area is 127 Å².